The number of carbonyl (C=O) groups is 3. The zero-order chi connectivity index (χ0) is 15.6. The van der Waals surface area contributed by atoms with E-state index in [1.54, 1.807) is 0 Å². The van der Waals surface area contributed by atoms with Gasteiger partial charge >= 0.3 is 11.9 Å². The monoisotopic (exact) mass is 278 g/mol. The van der Waals surface area contributed by atoms with Gasteiger partial charge in [-0.05, 0) is 12.3 Å². The molecule has 2 unspecified atom stereocenters. The van der Waals surface area contributed by atoms with Gasteiger partial charge in [-0.1, -0.05) is 13.8 Å². The molecule has 1 amide bonds. The Morgan fingerprint density at radius 1 is 1.16 bits per heavy atom. The molecule has 6 N–H and O–H groups in total. The lowest BCUT2D eigenvalue weighted by molar-refractivity contribution is -0.142. The number of hydrogen-bond donors (Lipinski definition) is 5. The first kappa shape index (κ1) is 19.7. The summed E-state index contributed by atoms with van der Waals surface area (Å²) in [6.45, 7) is 4.49. The van der Waals surface area contributed by atoms with Crippen LogP contribution in [0.2, 0.25) is 0 Å². The van der Waals surface area contributed by atoms with E-state index in [0.717, 1.165) is 0 Å². The summed E-state index contributed by atoms with van der Waals surface area (Å²) in [5, 5.41) is 26.9. The molecular formula is C11H22N2O6. The van der Waals surface area contributed by atoms with Gasteiger partial charge in [0.25, 0.3) is 0 Å². The highest BCUT2D eigenvalue weighted by atomic mass is 16.4. The number of carboxylic acid groups (broad SMARTS) is 2. The highest BCUT2D eigenvalue weighted by Crippen LogP contribution is 2.01. The van der Waals surface area contributed by atoms with Gasteiger partial charge in [0.1, 0.15) is 12.1 Å². The van der Waals surface area contributed by atoms with E-state index in [9.17, 15) is 14.4 Å². The number of carbonyl (C=O) groups excluding carboxylic acids is 1. The van der Waals surface area contributed by atoms with Crippen LogP contribution in [-0.4, -0.2) is 51.9 Å². The minimum absolute atomic E-state index is 0.357. The molecule has 0 saturated heterocycles. The molecule has 19 heavy (non-hydrogen) atoms. The fourth-order valence-electron chi connectivity index (χ4n) is 1.04. The van der Waals surface area contributed by atoms with Gasteiger partial charge in [0.2, 0.25) is 5.91 Å². The third-order valence-corrected chi connectivity index (χ3v) is 1.90. The largest absolute Gasteiger partial charge is 0.480 e. The topological polar surface area (TPSA) is 150 Å². The number of rotatable bonds is 6. The van der Waals surface area contributed by atoms with E-state index in [0.29, 0.717) is 12.3 Å². The number of amides is 1. The third kappa shape index (κ3) is 12.6. The van der Waals surface area contributed by atoms with Crippen LogP contribution < -0.4 is 11.1 Å². The van der Waals surface area contributed by atoms with Gasteiger partial charge < -0.3 is 26.4 Å². The summed E-state index contributed by atoms with van der Waals surface area (Å²) in [7, 11) is 0. The van der Waals surface area contributed by atoms with Crippen LogP contribution in [0, 0.1) is 5.92 Å². The quantitative estimate of drug-likeness (QED) is 0.418. The first-order valence-electron chi connectivity index (χ1n) is 5.70. The number of nitrogens with one attached hydrogen (secondary N) is 1. The highest BCUT2D eigenvalue weighted by Gasteiger charge is 2.15. The number of aliphatic hydroxyl groups excluding tert-OH is 1. The summed E-state index contributed by atoms with van der Waals surface area (Å²) in [4.78, 5) is 30.4. The SMILES string of the molecule is CC(=O)NC(CO)C(=O)O.CC(C)CC(N)C(=O)O. The van der Waals surface area contributed by atoms with Crippen molar-refractivity contribution in [1.29, 1.82) is 0 Å². The number of aliphatic hydroxyl groups is 1. The second-order valence-electron chi connectivity index (χ2n) is 4.35. The van der Waals surface area contributed by atoms with Crippen LogP contribution in [0.4, 0.5) is 0 Å². The summed E-state index contributed by atoms with van der Waals surface area (Å²) < 4.78 is 0. The lowest BCUT2D eigenvalue weighted by atomic mass is 10.1. The van der Waals surface area contributed by atoms with Crippen LogP contribution in [0.25, 0.3) is 0 Å². The molecule has 0 aromatic heterocycles. The van der Waals surface area contributed by atoms with Gasteiger partial charge in [0.05, 0.1) is 6.61 Å². The molecule has 8 heteroatoms. The Morgan fingerprint density at radius 3 is 1.74 bits per heavy atom. The van der Waals surface area contributed by atoms with Crippen molar-refractivity contribution in [2.75, 3.05) is 6.61 Å². The molecule has 0 aromatic rings. The Hall–Kier alpha value is -1.67. The predicted octanol–water partition coefficient (Wildman–Crippen LogP) is -0.988. The van der Waals surface area contributed by atoms with Crippen LogP contribution in [0.15, 0.2) is 0 Å². The Labute approximate surface area is 111 Å². The number of nitrogens with two attached hydrogens (primary N) is 1. The van der Waals surface area contributed by atoms with Crippen molar-refractivity contribution >= 4 is 17.8 Å². The van der Waals surface area contributed by atoms with E-state index in [1.165, 1.54) is 6.92 Å². The summed E-state index contributed by atoms with van der Waals surface area (Å²) in [5.41, 5.74) is 5.22. The van der Waals surface area contributed by atoms with Crippen LogP contribution in [-0.2, 0) is 14.4 Å². The first-order valence-corrected chi connectivity index (χ1v) is 5.70. The summed E-state index contributed by atoms with van der Waals surface area (Å²) in [6, 6.07) is -1.87. The van der Waals surface area contributed by atoms with Crippen molar-refractivity contribution in [3.8, 4) is 0 Å². The molecule has 112 valence electrons. The van der Waals surface area contributed by atoms with Crippen molar-refractivity contribution in [3.63, 3.8) is 0 Å². The molecule has 2 atom stereocenters. The van der Waals surface area contributed by atoms with Crippen LogP contribution >= 0.6 is 0 Å². The molecular weight excluding hydrogens is 256 g/mol. The van der Waals surface area contributed by atoms with Crippen molar-refractivity contribution < 1.29 is 29.7 Å². The maximum absolute atomic E-state index is 10.2. The van der Waals surface area contributed by atoms with Crippen molar-refractivity contribution in [2.24, 2.45) is 11.7 Å². The van der Waals surface area contributed by atoms with Gasteiger partial charge in [-0.3, -0.25) is 9.59 Å². The summed E-state index contributed by atoms with van der Waals surface area (Å²) in [5.74, 6) is -2.26. The average Bonchev–Trinajstić information content (AvgIpc) is 2.25. The number of hydrogen-bond acceptors (Lipinski definition) is 5. The van der Waals surface area contributed by atoms with Gasteiger partial charge in [-0.15, -0.1) is 0 Å². The zero-order valence-electron chi connectivity index (χ0n) is 11.3. The normalized spacial score (nSPS) is 12.9. The van der Waals surface area contributed by atoms with Gasteiger partial charge in [0.15, 0.2) is 0 Å². The van der Waals surface area contributed by atoms with Crippen molar-refractivity contribution in [1.82, 2.24) is 5.32 Å². The molecule has 0 saturated carbocycles. The Kier molecular flexibility index (Phi) is 10.6. The van der Waals surface area contributed by atoms with E-state index >= 15 is 0 Å². The molecule has 0 rings (SSSR count). The van der Waals surface area contributed by atoms with Gasteiger partial charge in [0, 0.05) is 6.92 Å². The minimum Gasteiger partial charge on any atom is -0.480 e. The Bertz CT molecular complexity index is 306. The van der Waals surface area contributed by atoms with E-state index in [-0.39, 0.29) is 0 Å². The molecule has 0 spiro atoms. The van der Waals surface area contributed by atoms with Gasteiger partial charge in [-0.25, -0.2) is 4.79 Å². The Balaban J connectivity index is 0. The lowest BCUT2D eigenvalue weighted by Crippen LogP contribution is -2.42. The van der Waals surface area contributed by atoms with E-state index in [2.05, 4.69) is 0 Å². The lowest BCUT2D eigenvalue weighted by Gasteiger charge is -2.08. The first-order chi connectivity index (χ1) is 8.61. The predicted molar refractivity (Wildman–Crippen MR) is 67.4 cm³/mol. The van der Waals surface area contributed by atoms with E-state index in [1.807, 2.05) is 19.2 Å². The molecule has 0 aliphatic carbocycles. The van der Waals surface area contributed by atoms with Crippen LogP contribution in [0.5, 0.6) is 0 Å². The smallest absolute Gasteiger partial charge is 0.328 e. The maximum atomic E-state index is 10.2. The fourth-order valence-corrected chi connectivity index (χ4v) is 1.04. The summed E-state index contributed by atoms with van der Waals surface area (Å²) in [6.07, 6.45) is 0.551. The van der Waals surface area contributed by atoms with E-state index < -0.39 is 36.5 Å². The molecule has 0 fully saturated rings. The molecule has 0 bridgehead atoms. The maximum Gasteiger partial charge on any atom is 0.328 e. The Morgan fingerprint density at radius 2 is 1.63 bits per heavy atom. The molecule has 8 nitrogen and oxygen atoms in total. The fraction of sp³-hybridized carbons (Fsp3) is 0.727. The van der Waals surface area contributed by atoms with Crippen LogP contribution in [0.1, 0.15) is 27.2 Å². The second-order valence-corrected chi connectivity index (χ2v) is 4.35. The molecule has 0 aliphatic heterocycles. The van der Waals surface area contributed by atoms with E-state index in [4.69, 9.17) is 21.1 Å². The van der Waals surface area contributed by atoms with Crippen molar-refractivity contribution in [3.05, 3.63) is 0 Å². The third-order valence-electron chi connectivity index (χ3n) is 1.90. The number of aliphatic carboxylic acids is 2. The molecule has 0 aromatic carbocycles. The minimum atomic E-state index is -1.24. The zero-order valence-corrected chi connectivity index (χ0v) is 11.3. The standard InChI is InChI=1S/C6H13NO2.C5H9NO4/c1-4(2)3-5(7)6(8)9;1-3(8)6-4(2-7)5(9)10/h4-5H,3,7H2,1-2H3,(H,8,9);4,7H,2H2,1H3,(H,6,8)(H,9,10). The molecule has 0 heterocycles. The highest BCUT2D eigenvalue weighted by molar-refractivity contribution is 5.82. The number of carboxylic acids is 2. The summed E-state index contributed by atoms with van der Waals surface area (Å²) >= 11 is 0. The van der Waals surface area contributed by atoms with Crippen LogP contribution in [0.3, 0.4) is 0 Å². The molecule has 0 aliphatic rings. The second kappa shape index (κ2) is 10.3. The van der Waals surface area contributed by atoms with Gasteiger partial charge in [-0.2, -0.15) is 0 Å². The average molecular weight is 278 g/mol. The molecule has 0 radical (unpaired) electrons. The van der Waals surface area contributed by atoms with Crippen molar-refractivity contribution in [2.45, 2.75) is 39.3 Å².